The molecular formula is C16H33NS. The van der Waals surface area contributed by atoms with E-state index in [2.05, 4.69) is 44.8 Å². The minimum absolute atomic E-state index is 0.633. The molecule has 2 heteroatoms. The molecule has 1 fully saturated rings. The first kappa shape index (κ1) is 16.4. The summed E-state index contributed by atoms with van der Waals surface area (Å²) in [5.41, 5.74) is 0.724. The van der Waals surface area contributed by atoms with Crippen molar-refractivity contribution in [3.8, 4) is 0 Å². The first-order chi connectivity index (χ1) is 8.59. The molecule has 108 valence electrons. The molecule has 0 aliphatic heterocycles. The van der Waals surface area contributed by atoms with Crippen molar-refractivity contribution >= 4 is 11.8 Å². The Bertz CT molecular complexity index is 209. The molecule has 0 radical (unpaired) electrons. The van der Waals surface area contributed by atoms with Gasteiger partial charge in [-0.25, -0.2) is 0 Å². The highest BCUT2D eigenvalue weighted by Gasteiger charge is 2.36. The summed E-state index contributed by atoms with van der Waals surface area (Å²) in [5.74, 6) is 2.28. The van der Waals surface area contributed by atoms with E-state index in [0.29, 0.717) is 5.37 Å². The molecule has 1 N–H and O–H groups in total. The number of nitrogens with one attached hydrogen (secondary N) is 1. The largest absolute Gasteiger partial charge is 0.306 e. The summed E-state index contributed by atoms with van der Waals surface area (Å²) < 4.78 is 0. The van der Waals surface area contributed by atoms with Gasteiger partial charge in [0.1, 0.15) is 0 Å². The van der Waals surface area contributed by atoms with Gasteiger partial charge in [0.25, 0.3) is 0 Å². The monoisotopic (exact) mass is 271 g/mol. The van der Waals surface area contributed by atoms with E-state index in [0.717, 1.165) is 11.3 Å². The van der Waals surface area contributed by atoms with Gasteiger partial charge in [-0.3, -0.25) is 0 Å². The van der Waals surface area contributed by atoms with E-state index in [1.807, 2.05) is 0 Å². The minimum Gasteiger partial charge on any atom is -0.306 e. The number of rotatable bonds is 11. The van der Waals surface area contributed by atoms with Crippen LogP contribution in [0.5, 0.6) is 0 Å². The SMILES string of the molecule is CCC(CC)CCCN[C@@H](C)SCCC1(C)CC1. The van der Waals surface area contributed by atoms with Crippen LogP contribution in [0.25, 0.3) is 0 Å². The van der Waals surface area contributed by atoms with Gasteiger partial charge in [0.05, 0.1) is 5.37 Å². The summed E-state index contributed by atoms with van der Waals surface area (Å²) in [6, 6.07) is 0. The van der Waals surface area contributed by atoms with Crippen molar-refractivity contribution < 1.29 is 0 Å². The van der Waals surface area contributed by atoms with Crippen LogP contribution in [0.1, 0.15) is 72.6 Å². The van der Waals surface area contributed by atoms with Gasteiger partial charge in [-0.1, -0.05) is 33.6 Å². The molecule has 0 unspecified atom stereocenters. The highest BCUT2D eigenvalue weighted by molar-refractivity contribution is 7.99. The van der Waals surface area contributed by atoms with E-state index < -0.39 is 0 Å². The molecular weight excluding hydrogens is 238 g/mol. The Balaban J connectivity index is 1.91. The fraction of sp³-hybridized carbons (Fsp3) is 1.00. The maximum absolute atomic E-state index is 3.66. The number of thioether (sulfide) groups is 1. The smallest absolute Gasteiger partial charge is 0.0503 e. The molecule has 1 aliphatic rings. The van der Waals surface area contributed by atoms with Crippen LogP contribution in [0.2, 0.25) is 0 Å². The normalized spacial score (nSPS) is 19.2. The van der Waals surface area contributed by atoms with Crippen molar-refractivity contribution in [1.82, 2.24) is 5.32 Å². The van der Waals surface area contributed by atoms with Crippen LogP contribution in [-0.2, 0) is 0 Å². The predicted octanol–water partition coefficient (Wildman–Crippen LogP) is 5.06. The summed E-state index contributed by atoms with van der Waals surface area (Å²) in [6.45, 7) is 10.6. The standard InChI is InChI=1S/C16H33NS/c1-5-15(6-2)8-7-12-17-14(3)18-13-11-16(4)9-10-16/h14-15,17H,5-13H2,1-4H3/t14-/m1/s1. The van der Waals surface area contributed by atoms with Crippen molar-refractivity contribution in [2.75, 3.05) is 12.3 Å². The molecule has 0 aromatic heterocycles. The molecule has 0 amide bonds. The van der Waals surface area contributed by atoms with Crippen LogP contribution >= 0.6 is 11.8 Å². The quantitative estimate of drug-likeness (QED) is 0.416. The molecule has 1 saturated carbocycles. The summed E-state index contributed by atoms with van der Waals surface area (Å²) >= 11 is 2.10. The lowest BCUT2D eigenvalue weighted by molar-refractivity contribution is 0.432. The zero-order valence-corrected chi connectivity index (χ0v) is 13.7. The van der Waals surface area contributed by atoms with Crippen LogP contribution in [0, 0.1) is 11.3 Å². The third-order valence-corrected chi connectivity index (χ3v) is 5.66. The molecule has 0 spiro atoms. The van der Waals surface area contributed by atoms with Gasteiger partial charge in [0.15, 0.2) is 0 Å². The van der Waals surface area contributed by atoms with Gasteiger partial charge in [0, 0.05) is 0 Å². The minimum atomic E-state index is 0.633. The molecule has 0 aromatic carbocycles. The Morgan fingerprint density at radius 2 is 1.89 bits per heavy atom. The van der Waals surface area contributed by atoms with Crippen molar-refractivity contribution in [2.45, 2.75) is 78.0 Å². The zero-order chi connectivity index (χ0) is 13.4. The fourth-order valence-electron chi connectivity index (χ4n) is 2.40. The molecule has 0 aromatic rings. The first-order valence-electron chi connectivity index (χ1n) is 7.94. The average molecular weight is 272 g/mol. The molecule has 1 aliphatic carbocycles. The van der Waals surface area contributed by atoms with Crippen molar-refractivity contribution in [3.63, 3.8) is 0 Å². The second-order valence-electron chi connectivity index (χ2n) is 6.35. The van der Waals surface area contributed by atoms with E-state index in [9.17, 15) is 0 Å². The number of hydrogen-bond acceptors (Lipinski definition) is 2. The maximum Gasteiger partial charge on any atom is 0.0503 e. The first-order valence-corrected chi connectivity index (χ1v) is 8.99. The van der Waals surface area contributed by atoms with Gasteiger partial charge in [0.2, 0.25) is 0 Å². The summed E-state index contributed by atoms with van der Waals surface area (Å²) in [7, 11) is 0. The summed E-state index contributed by atoms with van der Waals surface area (Å²) in [5, 5.41) is 4.29. The Morgan fingerprint density at radius 1 is 1.22 bits per heavy atom. The second kappa shape index (κ2) is 8.47. The zero-order valence-electron chi connectivity index (χ0n) is 12.9. The van der Waals surface area contributed by atoms with Gasteiger partial charge in [-0.15, -0.1) is 11.8 Å². The van der Waals surface area contributed by atoms with E-state index in [1.54, 1.807) is 0 Å². The van der Waals surface area contributed by atoms with Crippen molar-refractivity contribution in [3.05, 3.63) is 0 Å². The number of hydrogen-bond donors (Lipinski definition) is 1. The lowest BCUT2D eigenvalue weighted by Gasteiger charge is -2.16. The average Bonchev–Trinajstić information content (AvgIpc) is 3.07. The van der Waals surface area contributed by atoms with Gasteiger partial charge in [-0.2, -0.15) is 0 Å². The molecule has 0 bridgehead atoms. The van der Waals surface area contributed by atoms with Crippen LogP contribution in [-0.4, -0.2) is 17.7 Å². The lowest BCUT2D eigenvalue weighted by atomic mass is 9.98. The van der Waals surface area contributed by atoms with E-state index in [4.69, 9.17) is 0 Å². The third kappa shape index (κ3) is 7.04. The molecule has 1 rings (SSSR count). The van der Waals surface area contributed by atoms with Crippen LogP contribution in [0.15, 0.2) is 0 Å². The summed E-state index contributed by atoms with van der Waals surface area (Å²) in [4.78, 5) is 0. The molecule has 18 heavy (non-hydrogen) atoms. The Morgan fingerprint density at radius 3 is 2.44 bits per heavy atom. The molecule has 1 atom stereocenters. The predicted molar refractivity (Wildman–Crippen MR) is 85.2 cm³/mol. The maximum atomic E-state index is 3.66. The van der Waals surface area contributed by atoms with Gasteiger partial charge < -0.3 is 5.32 Å². The van der Waals surface area contributed by atoms with E-state index >= 15 is 0 Å². The van der Waals surface area contributed by atoms with E-state index in [-0.39, 0.29) is 0 Å². The fourth-order valence-corrected chi connectivity index (χ4v) is 3.60. The Kier molecular flexibility index (Phi) is 7.70. The van der Waals surface area contributed by atoms with Crippen molar-refractivity contribution in [2.24, 2.45) is 11.3 Å². The lowest BCUT2D eigenvalue weighted by Crippen LogP contribution is -2.25. The second-order valence-corrected chi connectivity index (χ2v) is 7.80. The van der Waals surface area contributed by atoms with Crippen molar-refractivity contribution in [1.29, 1.82) is 0 Å². The van der Waals surface area contributed by atoms with Gasteiger partial charge in [-0.05, 0) is 62.7 Å². The molecule has 0 heterocycles. The highest BCUT2D eigenvalue weighted by atomic mass is 32.2. The topological polar surface area (TPSA) is 12.0 Å². The highest BCUT2D eigenvalue weighted by Crippen LogP contribution is 2.48. The van der Waals surface area contributed by atoms with Crippen LogP contribution in [0.3, 0.4) is 0 Å². The molecule has 1 nitrogen and oxygen atoms in total. The van der Waals surface area contributed by atoms with Gasteiger partial charge >= 0.3 is 0 Å². The third-order valence-electron chi connectivity index (χ3n) is 4.55. The Hall–Kier alpha value is 0.310. The summed E-state index contributed by atoms with van der Waals surface area (Å²) in [6.07, 6.45) is 9.77. The van der Waals surface area contributed by atoms with Crippen LogP contribution in [0.4, 0.5) is 0 Å². The van der Waals surface area contributed by atoms with Crippen LogP contribution < -0.4 is 5.32 Å². The Labute approximate surface area is 119 Å². The molecule has 0 saturated heterocycles. The van der Waals surface area contributed by atoms with E-state index in [1.165, 1.54) is 57.2 Å².